The molecule has 144 valence electrons. The standard InChI is InChI=1S/C19H29N5O.HI/c1-13-7-6-8-15-14(11-22-17(13)15)9-10-21-18(20-5)23-12-16(25)24-19(2,3)4;/h6-8,11,22H,9-10,12H2,1-5H3,(H,24,25)(H2,20,21,23);1H. The van der Waals surface area contributed by atoms with Crippen LogP contribution in [0.15, 0.2) is 29.4 Å². The van der Waals surface area contributed by atoms with Crippen molar-refractivity contribution < 1.29 is 4.79 Å². The van der Waals surface area contributed by atoms with Gasteiger partial charge in [-0.15, -0.1) is 24.0 Å². The summed E-state index contributed by atoms with van der Waals surface area (Å²) in [5, 5.41) is 10.5. The zero-order valence-electron chi connectivity index (χ0n) is 16.2. The average molecular weight is 471 g/mol. The van der Waals surface area contributed by atoms with Crippen LogP contribution in [0.1, 0.15) is 31.9 Å². The minimum absolute atomic E-state index is 0. The van der Waals surface area contributed by atoms with E-state index in [1.54, 1.807) is 7.05 Å². The number of rotatable bonds is 5. The van der Waals surface area contributed by atoms with Crippen molar-refractivity contribution in [3.05, 3.63) is 35.5 Å². The predicted octanol–water partition coefficient (Wildman–Crippen LogP) is 2.72. The fourth-order valence-electron chi connectivity index (χ4n) is 2.73. The van der Waals surface area contributed by atoms with E-state index >= 15 is 0 Å². The second kappa shape index (κ2) is 9.80. The van der Waals surface area contributed by atoms with E-state index in [2.05, 4.69) is 57.2 Å². The molecule has 1 heterocycles. The maximum atomic E-state index is 11.9. The Kier molecular flexibility index (Phi) is 8.39. The van der Waals surface area contributed by atoms with Crippen LogP contribution in [-0.2, 0) is 11.2 Å². The molecule has 0 spiro atoms. The number of carbonyl (C=O) groups is 1. The van der Waals surface area contributed by atoms with E-state index < -0.39 is 0 Å². The number of aromatic amines is 1. The van der Waals surface area contributed by atoms with Gasteiger partial charge in [0.15, 0.2) is 5.96 Å². The molecule has 0 aliphatic heterocycles. The van der Waals surface area contributed by atoms with Crippen LogP contribution in [0.2, 0.25) is 0 Å². The summed E-state index contributed by atoms with van der Waals surface area (Å²) in [4.78, 5) is 19.4. The van der Waals surface area contributed by atoms with Gasteiger partial charge in [0.2, 0.25) is 5.91 Å². The maximum Gasteiger partial charge on any atom is 0.239 e. The molecule has 0 saturated carbocycles. The lowest BCUT2D eigenvalue weighted by molar-refractivity contribution is -0.121. The highest BCUT2D eigenvalue weighted by molar-refractivity contribution is 14.0. The molecule has 0 aliphatic rings. The predicted molar refractivity (Wildman–Crippen MR) is 119 cm³/mol. The number of hydrogen-bond donors (Lipinski definition) is 4. The van der Waals surface area contributed by atoms with Gasteiger partial charge in [-0.25, -0.2) is 0 Å². The molecule has 0 unspecified atom stereocenters. The van der Waals surface area contributed by atoms with E-state index in [-0.39, 0.29) is 42.0 Å². The van der Waals surface area contributed by atoms with Crippen molar-refractivity contribution in [3.63, 3.8) is 0 Å². The molecule has 2 aromatic rings. The summed E-state index contributed by atoms with van der Waals surface area (Å²) in [7, 11) is 1.70. The molecule has 1 aromatic carbocycles. The third kappa shape index (κ3) is 6.51. The summed E-state index contributed by atoms with van der Waals surface area (Å²) in [6.45, 7) is 8.92. The van der Waals surface area contributed by atoms with Gasteiger partial charge in [0, 0.05) is 36.2 Å². The summed E-state index contributed by atoms with van der Waals surface area (Å²) >= 11 is 0. The van der Waals surface area contributed by atoms with Crippen LogP contribution in [0, 0.1) is 6.92 Å². The van der Waals surface area contributed by atoms with Gasteiger partial charge in [-0.05, 0) is 45.2 Å². The molecule has 2 rings (SSSR count). The number of halogens is 1. The third-order valence-corrected chi connectivity index (χ3v) is 3.85. The van der Waals surface area contributed by atoms with Crippen LogP contribution in [0.4, 0.5) is 0 Å². The van der Waals surface area contributed by atoms with Gasteiger partial charge in [0.25, 0.3) is 0 Å². The topological polar surface area (TPSA) is 81.3 Å². The molecule has 1 aromatic heterocycles. The lowest BCUT2D eigenvalue weighted by Gasteiger charge is -2.21. The van der Waals surface area contributed by atoms with Crippen LogP contribution in [-0.4, -0.2) is 42.5 Å². The molecule has 6 nitrogen and oxygen atoms in total. The molecular formula is C19H30IN5O. The first-order valence-electron chi connectivity index (χ1n) is 8.61. The molecule has 0 bridgehead atoms. The van der Waals surface area contributed by atoms with Gasteiger partial charge in [0.1, 0.15) is 0 Å². The minimum atomic E-state index is -0.233. The van der Waals surface area contributed by atoms with E-state index in [0.717, 1.165) is 13.0 Å². The molecule has 0 aliphatic carbocycles. The third-order valence-electron chi connectivity index (χ3n) is 3.85. The summed E-state index contributed by atoms with van der Waals surface area (Å²) < 4.78 is 0. The first kappa shape index (κ1) is 22.3. The summed E-state index contributed by atoms with van der Waals surface area (Å²) in [6.07, 6.45) is 2.94. The largest absolute Gasteiger partial charge is 0.361 e. The highest BCUT2D eigenvalue weighted by Crippen LogP contribution is 2.21. The van der Waals surface area contributed by atoms with E-state index in [9.17, 15) is 4.79 Å². The molecule has 0 saturated heterocycles. The van der Waals surface area contributed by atoms with Crippen LogP contribution in [0.3, 0.4) is 0 Å². The van der Waals surface area contributed by atoms with E-state index in [0.29, 0.717) is 5.96 Å². The molecule has 0 radical (unpaired) electrons. The van der Waals surface area contributed by atoms with Gasteiger partial charge in [-0.3, -0.25) is 9.79 Å². The van der Waals surface area contributed by atoms with Gasteiger partial charge in [0.05, 0.1) is 6.54 Å². The number of aromatic nitrogens is 1. The second-order valence-electron chi connectivity index (χ2n) is 7.21. The average Bonchev–Trinajstić information content (AvgIpc) is 2.93. The molecule has 4 N–H and O–H groups in total. The Balaban J connectivity index is 0.00000338. The number of benzene rings is 1. The lowest BCUT2D eigenvalue weighted by Crippen LogP contribution is -2.48. The summed E-state index contributed by atoms with van der Waals surface area (Å²) in [5.41, 5.74) is 3.48. The number of nitrogens with zero attached hydrogens (tertiary/aromatic N) is 1. The van der Waals surface area contributed by atoms with Crippen molar-refractivity contribution in [1.82, 2.24) is 20.9 Å². The fourth-order valence-corrected chi connectivity index (χ4v) is 2.73. The molecule has 0 fully saturated rings. The Morgan fingerprint density at radius 1 is 1.23 bits per heavy atom. The number of H-pyrrole nitrogens is 1. The number of amides is 1. The lowest BCUT2D eigenvalue weighted by atomic mass is 10.1. The SMILES string of the molecule is CN=C(NCCc1c[nH]c2c(C)cccc12)NCC(=O)NC(C)(C)C.I. The fraction of sp³-hybridized carbons (Fsp3) is 0.474. The van der Waals surface area contributed by atoms with Gasteiger partial charge in [-0.2, -0.15) is 0 Å². The van der Waals surface area contributed by atoms with Crippen molar-refractivity contribution in [2.24, 2.45) is 4.99 Å². The Bertz CT molecular complexity index is 761. The first-order valence-corrected chi connectivity index (χ1v) is 8.61. The Morgan fingerprint density at radius 3 is 2.62 bits per heavy atom. The van der Waals surface area contributed by atoms with Crippen molar-refractivity contribution >= 4 is 46.7 Å². The van der Waals surface area contributed by atoms with Gasteiger partial charge < -0.3 is 20.9 Å². The van der Waals surface area contributed by atoms with E-state index in [1.165, 1.54) is 22.0 Å². The summed E-state index contributed by atoms with van der Waals surface area (Å²) in [5.74, 6) is 0.572. The van der Waals surface area contributed by atoms with E-state index in [4.69, 9.17) is 0 Å². The highest BCUT2D eigenvalue weighted by atomic mass is 127. The number of hydrogen-bond acceptors (Lipinski definition) is 2. The Morgan fingerprint density at radius 2 is 1.96 bits per heavy atom. The molecular weight excluding hydrogens is 441 g/mol. The second-order valence-corrected chi connectivity index (χ2v) is 7.21. The minimum Gasteiger partial charge on any atom is -0.361 e. The van der Waals surface area contributed by atoms with Crippen molar-refractivity contribution in [2.45, 2.75) is 39.7 Å². The quantitative estimate of drug-likeness (QED) is 0.308. The van der Waals surface area contributed by atoms with Crippen molar-refractivity contribution in [1.29, 1.82) is 0 Å². The molecule has 7 heteroatoms. The number of aryl methyl sites for hydroxylation is 1. The molecule has 0 atom stereocenters. The Labute approximate surface area is 172 Å². The van der Waals surface area contributed by atoms with Crippen molar-refractivity contribution in [2.75, 3.05) is 20.1 Å². The van der Waals surface area contributed by atoms with Crippen LogP contribution >= 0.6 is 24.0 Å². The normalized spacial score (nSPS) is 11.8. The monoisotopic (exact) mass is 471 g/mol. The zero-order chi connectivity index (χ0) is 18.4. The number of guanidine groups is 1. The van der Waals surface area contributed by atoms with Gasteiger partial charge in [-0.1, -0.05) is 18.2 Å². The van der Waals surface area contributed by atoms with Crippen LogP contribution in [0.5, 0.6) is 0 Å². The van der Waals surface area contributed by atoms with Crippen LogP contribution < -0.4 is 16.0 Å². The number of para-hydroxylation sites is 1. The molecule has 1 amide bonds. The zero-order valence-corrected chi connectivity index (χ0v) is 18.5. The van der Waals surface area contributed by atoms with Crippen molar-refractivity contribution in [3.8, 4) is 0 Å². The van der Waals surface area contributed by atoms with E-state index in [1.807, 2.05) is 20.8 Å². The number of nitrogens with one attached hydrogen (secondary N) is 4. The first-order chi connectivity index (χ1) is 11.8. The number of aliphatic imine (C=N–C) groups is 1. The highest BCUT2D eigenvalue weighted by Gasteiger charge is 2.13. The summed E-state index contributed by atoms with van der Waals surface area (Å²) in [6, 6.07) is 6.32. The van der Waals surface area contributed by atoms with Gasteiger partial charge >= 0.3 is 0 Å². The Hall–Kier alpha value is -1.77. The maximum absolute atomic E-state index is 11.9. The number of carbonyl (C=O) groups excluding carboxylic acids is 1. The van der Waals surface area contributed by atoms with Crippen LogP contribution in [0.25, 0.3) is 10.9 Å². The smallest absolute Gasteiger partial charge is 0.239 e. The molecule has 26 heavy (non-hydrogen) atoms. The number of fused-ring (bicyclic) bond motifs is 1.